The fraction of sp³-hybridized carbons (Fsp3) is 0.636. The van der Waals surface area contributed by atoms with Gasteiger partial charge in [0.1, 0.15) is 6.10 Å². The molecule has 0 rings (SSSR count). The third-order valence-corrected chi connectivity index (χ3v) is 2.22. The highest BCUT2D eigenvalue weighted by molar-refractivity contribution is 5.74. The molecular weight excluding hydrogens is 196 g/mol. The maximum atomic E-state index is 11.3. The first-order chi connectivity index (χ1) is 6.93. The molecule has 0 aromatic heterocycles. The van der Waals surface area contributed by atoms with Crippen molar-refractivity contribution in [3.05, 3.63) is 11.6 Å². The van der Waals surface area contributed by atoms with Gasteiger partial charge in [-0.15, -0.1) is 0 Å². The lowest BCUT2D eigenvalue weighted by Gasteiger charge is -2.22. The van der Waals surface area contributed by atoms with Gasteiger partial charge in [-0.25, -0.2) is 0 Å². The quantitative estimate of drug-likeness (QED) is 0.528. The molecule has 0 aromatic carbocycles. The molecule has 0 fully saturated rings. The zero-order valence-corrected chi connectivity index (χ0v) is 9.87. The zero-order valence-electron chi connectivity index (χ0n) is 9.87. The number of carbonyl (C=O) groups is 2. The summed E-state index contributed by atoms with van der Waals surface area (Å²) in [6.45, 7) is 6.63. The number of ether oxygens (including phenoxy) is 2. The summed E-state index contributed by atoms with van der Waals surface area (Å²) >= 11 is 0. The highest BCUT2D eigenvalue weighted by Gasteiger charge is 2.28. The summed E-state index contributed by atoms with van der Waals surface area (Å²) in [6.07, 6.45) is 1.27. The van der Waals surface area contributed by atoms with Crippen molar-refractivity contribution in [1.29, 1.82) is 0 Å². The summed E-state index contributed by atoms with van der Waals surface area (Å²) in [5, 5.41) is 0. The predicted octanol–water partition coefficient (Wildman–Crippen LogP) is 1.69. The first-order valence-corrected chi connectivity index (χ1v) is 4.81. The summed E-state index contributed by atoms with van der Waals surface area (Å²) in [7, 11) is 1.31. The Kier molecular flexibility index (Phi) is 5.67. The summed E-state index contributed by atoms with van der Waals surface area (Å²) in [5.41, 5.74) is 0.836. The van der Waals surface area contributed by atoms with Crippen molar-refractivity contribution in [2.45, 2.75) is 33.8 Å². The van der Waals surface area contributed by atoms with Crippen molar-refractivity contribution in [1.82, 2.24) is 0 Å². The lowest BCUT2D eigenvalue weighted by atomic mass is 9.98. The van der Waals surface area contributed by atoms with Crippen LogP contribution in [0.1, 0.15) is 27.7 Å². The fourth-order valence-electron chi connectivity index (χ4n) is 1.24. The highest BCUT2D eigenvalue weighted by atomic mass is 16.6. The molecule has 1 unspecified atom stereocenters. The first-order valence-electron chi connectivity index (χ1n) is 4.81. The van der Waals surface area contributed by atoms with E-state index < -0.39 is 18.0 Å². The van der Waals surface area contributed by atoms with Crippen LogP contribution < -0.4 is 0 Å². The van der Waals surface area contributed by atoms with E-state index >= 15 is 0 Å². The Balaban J connectivity index is 4.77. The van der Waals surface area contributed by atoms with Crippen LogP contribution in [-0.2, 0) is 19.1 Å². The van der Waals surface area contributed by atoms with Crippen molar-refractivity contribution in [2.24, 2.45) is 5.92 Å². The molecule has 0 aliphatic heterocycles. The summed E-state index contributed by atoms with van der Waals surface area (Å²) in [5.74, 6) is -1.28. The minimum Gasteiger partial charge on any atom is -0.469 e. The van der Waals surface area contributed by atoms with Crippen molar-refractivity contribution >= 4 is 11.9 Å². The maximum absolute atomic E-state index is 11.3. The number of hydrogen-bond donors (Lipinski definition) is 0. The van der Waals surface area contributed by atoms with E-state index in [9.17, 15) is 9.59 Å². The van der Waals surface area contributed by atoms with Crippen LogP contribution in [0, 0.1) is 5.92 Å². The van der Waals surface area contributed by atoms with E-state index in [1.807, 2.05) is 19.9 Å². The second-order valence-electron chi connectivity index (χ2n) is 3.37. The molecule has 0 aliphatic carbocycles. The number of carbonyl (C=O) groups excluding carboxylic acids is 2. The molecule has 0 saturated carbocycles. The summed E-state index contributed by atoms with van der Waals surface area (Å²) in [4.78, 5) is 22.2. The molecule has 0 saturated heterocycles. The topological polar surface area (TPSA) is 52.6 Å². The van der Waals surface area contributed by atoms with Crippen LogP contribution in [0.3, 0.4) is 0 Å². The molecule has 0 N–H and O–H groups in total. The van der Waals surface area contributed by atoms with E-state index in [0.29, 0.717) is 0 Å². The van der Waals surface area contributed by atoms with Crippen molar-refractivity contribution in [2.75, 3.05) is 7.11 Å². The fourth-order valence-corrected chi connectivity index (χ4v) is 1.24. The highest BCUT2D eigenvalue weighted by Crippen LogP contribution is 2.17. The Hall–Kier alpha value is -1.32. The molecule has 0 heterocycles. The SMILES string of the molecule is C/C=C(\C)C(OC(C)=O)[C@H](C)C(=O)OC. The van der Waals surface area contributed by atoms with Crippen LogP contribution in [0.2, 0.25) is 0 Å². The van der Waals surface area contributed by atoms with Gasteiger partial charge in [-0.1, -0.05) is 6.08 Å². The van der Waals surface area contributed by atoms with Gasteiger partial charge in [0.25, 0.3) is 0 Å². The number of hydrogen-bond acceptors (Lipinski definition) is 4. The molecular formula is C11H18O4. The van der Waals surface area contributed by atoms with Gasteiger partial charge < -0.3 is 9.47 Å². The predicted molar refractivity (Wildman–Crippen MR) is 56.2 cm³/mol. The normalized spacial score (nSPS) is 15.4. The van der Waals surface area contributed by atoms with Crippen molar-refractivity contribution in [3.63, 3.8) is 0 Å². The smallest absolute Gasteiger partial charge is 0.312 e. The summed E-state index contributed by atoms with van der Waals surface area (Å²) in [6, 6.07) is 0. The number of allylic oxidation sites excluding steroid dienone is 1. The minimum absolute atomic E-state index is 0.387. The van der Waals surface area contributed by atoms with Gasteiger partial charge in [-0.3, -0.25) is 9.59 Å². The van der Waals surface area contributed by atoms with Crippen molar-refractivity contribution in [3.8, 4) is 0 Å². The van der Waals surface area contributed by atoms with Gasteiger partial charge in [0.15, 0.2) is 0 Å². The van der Waals surface area contributed by atoms with Crippen LogP contribution in [-0.4, -0.2) is 25.2 Å². The number of rotatable bonds is 4. The Morgan fingerprint density at radius 1 is 1.27 bits per heavy atom. The van der Waals surface area contributed by atoms with Gasteiger partial charge in [0.2, 0.25) is 0 Å². The molecule has 0 amide bonds. The minimum atomic E-state index is -0.542. The lowest BCUT2D eigenvalue weighted by Crippen LogP contribution is -2.31. The van der Waals surface area contributed by atoms with Gasteiger partial charge in [-0.2, -0.15) is 0 Å². The summed E-state index contributed by atoms with van der Waals surface area (Å²) < 4.78 is 9.69. The van der Waals surface area contributed by atoms with Crippen LogP contribution in [0.5, 0.6) is 0 Å². The molecule has 0 bridgehead atoms. The van der Waals surface area contributed by atoms with E-state index in [-0.39, 0.29) is 5.97 Å². The Bertz CT molecular complexity index is 268. The molecule has 0 aromatic rings. The van der Waals surface area contributed by atoms with E-state index in [0.717, 1.165) is 5.57 Å². The van der Waals surface area contributed by atoms with E-state index in [1.54, 1.807) is 6.92 Å². The van der Waals surface area contributed by atoms with Crippen LogP contribution in [0.15, 0.2) is 11.6 Å². The van der Waals surface area contributed by atoms with Gasteiger partial charge in [0, 0.05) is 6.92 Å². The average Bonchev–Trinajstić information content (AvgIpc) is 2.22. The third-order valence-electron chi connectivity index (χ3n) is 2.22. The average molecular weight is 214 g/mol. The maximum Gasteiger partial charge on any atom is 0.312 e. The van der Waals surface area contributed by atoms with Crippen LogP contribution >= 0.6 is 0 Å². The number of esters is 2. The Morgan fingerprint density at radius 2 is 1.80 bits per heavy atom. The molecule has 86 valence electrons. The van der Waals surface area contributed by atoms with Gasteiger partial charge >= 0.3 is 11.9 Å². The number of methoxy groups -OCH3 is 1. The molecule has 0 radical (unpaired) electrons. The molecule has 4 heteroatoms. The van der Waals surface area contributed by atoms with Crippen LogP contribution in [0.4, 0.5) is 0 Å². The molecule has 0 aliphatic rings. The largest absolute Gasteiger partial charge is 0.469 e. The molecule has 2 atom stereocenters. The molecule has 0 spiro atoms. The van der Waals surface area contributed by atoms with Crippen molar-refractivity contribution < 1.29 is 19.1 Å². The van der Waals surface area contributed by atoms with E-state index in [2.05, 4.69) is 4.74 Å². The lowest BCUT2D eigenvalue weighted by molar-refractivity contribution is -0.155. The third kappa shape index (κ3) is 4.14. The second kappa shape index (κ2) is 6.22. The second-order valence-corrected chi connectivity index (χ2v) is 3.37. The van der Waals surface area contributed by atoms with E-state index in [1.165, 1.54) is 14.0 Å². The Labute approximate surface area is 90.2 Å². The first kappa shape index (κ1) is 13.7. The monoisotopic (exact) mass is 214 g/mol. The van der Waals surface area contributed by atoms with Crippen LogP contribution in [0.25, 0.3) is 0 Å². The molecule has 15 heavy (non-hydrogen) atoms. The zero-order chi connectivity index (χ0) is 12.0. The Morgan fingerprint density at radius 3 is 2.13 bits per heavy atom. The molecule has 4 nitrogen and oxygen atoms in total. The van der Waals surface area contributed by atoms with Gasteiger partial charge in [-0.05, 0) is 26.3 Å². The standard InChI is InChI=1S/C11H18O4/c1-6-7(2)10(15-9(4)12)8(3)11(13)14-5/h6,8,10H,1-5H3/b7-6+/t8-,10?/m0/s1. The van der Waals surface area contributed by atoms with Gasteiger partial charge in [0.05, 0.1) is 13.0 Å². The van der Waals surface area contributed by atoms with E-state index in [4.69, 9.17) is 4.74 Å².